The van der Waals surface area contributed by atoms with Gasteiger partial charge in [0.2, 0.25) is 0 Å². The van der Waals surface area contributed by atoms with Crippen LogP contribution >= 0.6 is 0 Å². The van der Waals surface area contributed by atoms with Crippen LogP contribution in [0.2, 0.25) is 0 Å². The summed E-state index contributed by atoms with van der Waals surface area (Å²) in [5, 5.41) is 3.16. The minimum absolute atomic E-state index is 0.0791. The lowest BCUT2D eigenvalue weighted by atomic mass is 10.2. The van der Waals surface area contributed by atoms with Crippen molar-refractivity contribution in [2.75, 3.05) is 19.7 Å². The Balaban J connectivity index is 3.46. The van der Waals surface area contributed by atoms with Crippen molar-refractivity contribution in [2.24, 2.45) is 5.92 Å². The third kappa shape index (κ3) is 6.50. The largest absolute Gasteiger partial charge is 0.466 e. The summed E-state index contributed by atoms with van der Waals surface area (Å²) >= 11 is 0. The Bertz CT molecular complexity index is 215. The van der Waals surface area contributed by atoms with Crippen molar-refractivity contribution in [2.45, 2.75) is 27.2 Å². The van der Waals surface area contributed by atoms with Crippen molar-refractivity contribution >= 4 is 5.97 Å². The third-order valence-corrected chi connectivity index (χ3v) is 1.74. The van der Waals surface area contributed by atoms with Gasteiger partial charge < -0.3 is 10.1 Å². The van der Waals surface area contributed by atoms with E-state index in [1.165, 1.54) is 0 Å². The molecule has 0 aliphatic heterocycles. The molecule has 0 radical (unpaired) electrons. The normalized spacial score (nSPS) is 11.4. The summed E-state index contributed by atoms with van der Waals surface area (Å²) in [4.78, 5) is 11.2. The van der Waals surface area contributed by atoms with Crippen molar-refractivity contribution in [1.82, 2.24) is 5.32 Å². The lowest BCUT2D eigenvalue weighted by Crippen LogP contribution is -2.28. The molecule has 0 bridgehead atoms. The number of hydrogen-bond donors (Lipinski definition) is 1. The number of rotatable bonds is 6. The number of carbonyl (C=O) groups excluding carboxylic acids is 1. The van der Waals surface area contributed by atoms with Gasteiger partial charge in [-0.3, -0.25) is 4.79 Å². The summed E-state index contributed by atoms with van der Waals surface area (Å²) < 4.78 is 4.87. The van der Waals surface area contributed by atoms with Gasteiger partial charge in [-0.1, -0.05) is 6.92 Å². The van der Waals surface area contributed by atoms with Crippen molar-refractivity contribution in [3.63, 3.8) is 0 Å². The third-order valence-electron chi connectivity index (χ3n) is 1.74. The molecule has 0 saturated carbocycles. The Hall–Kier alpha value is -1.01. The molecule has 0 aliphatic rings. The molecule has 0 rings (SSSR count). The van der Waals surface area contributed by atoms with Gasteiger partial charge in [-0.05, 0) is 13.8 Å². The van der Waals surface area contributed by atoms with Crippen LogP contribution < -0.4 is 5.32 Å². The van der Waals surface area contributed by atoms with E-state index in [2.05, 4.69) is 17.2 Å². The molecular formula is C11H19NO2. The maximum absolute atomic E-state index is 11.2. The molecular weight excluding hydrogens is 178 g/mol. The summed E-state index contributed by atoms with van der Waals surface area (Å²) in [6.45, 7) is 7.42. The standard InChI is InChI=1S/C11H19NO2/c1-4-6-7-8-12-9-10(3)11(13)14-5-2/h10,12H,5,7-9H2,1-3H3. The SMILES string of the molecule is CC#CCCNCC(C)C(=O)OCC. The molecule has 0 amide bonds. The van der Waals surface area contributed by atoms with Gasteiger partial charge in [0.25, 0.3) is 0 Å². The van der Waals surface area contributed by atoms with Crippen LogP contribution in [-0.2, 0) is 9.53 Å². The Labute approximate surface area is 86.2 Å². The number of nitrogens with one attached hydrogen (secondary N) is 1. The van der Waals surface area contributed by atoms with Crippen molar-refractivity contribution in [1.29, 1.82) is 0 Å². The number of carbonyl (C=O) groups is 1. The molecule has 0 aromatic rings. The zero-order valence-electron chi connectivity index (χ0n) is 9.22. The van der Waals surface area contributed by atoms with Crippen LogP contribution in [-0.4, -0.2) is 25.7 Å². The van der Waals surface area contributed by atoms with Gasteiger partial charge in [-0.25, -0.2) is 0 Å². The molecule has 14 heavy (non-hydrogen) atoms. The van der Waals surface area contributed by atoms with Gasteiger partial charge in [0, 0.05) is 19.5 Å². The highest BCUT2D eigenvalue weighted by Gasteiger charge is 2.12. The Kier molecular flexibility index (Phi) is 7.96. The Morgan fingerprint density at radius 2 is 2.29 bits per heavy atom. The maximum atomic E-state index is 11.2. The van der Waals surface area contributed by atoms with E-state index in [1.54, 1.807) is 0 Å². The Morgan fingerprint density at radius 1 is 1.57 bits per heavy atom. The van der Waals surface area contributed by atoms with Crippen LogP contribution in [0.4, 0.5) is 0 Å². The predicted octanol–water partition coefficient (Wildman–Crippen LogP) is 1.19. The van der Waals surface area contributed by atoms with Gasteiger partial charge >= 0.3 is 5.97 Å². The lowest BCUT2D eigenvalue weighted by molar-refractivity contribution is -0.147. The smallest absolute Gasteiger partial charge is 0.309 e. The molecule has 0 aromatic carbocycles. The topological polar surface area (TPSA) is 38.3 Å². The first kappa shape index (κ1) is 13.0. The fraction of sp³-hybridized carbons (Fsp3) is 0.727. The zero-order valence-corrected chi connectivity index (χ0v) is 9.22. The summed E-state index contributed by atoms with van der Waals surface area (Å²) in [6, 6.07) is 0. The molecule has 80 valence electrons. The highest BCUT2D eigenvalue weighted by molar-refractivity contribution is 5.72. The van der Waals surface area contributed by atoms with Crippen molar-refractivity contribution in [3.8, 4) is 11.8 Å². The molecule has 3 heteroatoms. The summed E-state index contributed by atoms with van der Waals surface area (Å²) in [6.07, 6.45) is 0.825. The molecule has 0 heterocycles. The lowest BCUT2D eigenvalue weighted by Gasteiger charge is -2.10. The zero-order chi connectivity index (χ0) is 10.8. The fourth-order valence-electron chi connectivity index (χ4n) is 0.962. The first-order valence-electron chi connectivity index (χ1n) is 4.99. The van der Waals surface area contributed by atoms with E-state index in [1.807, 2.05) is 20.8 Å². The molecule has 0 aromatic heterocycles. The molecule has 1 atom stereocenters. The molecule has 0 fully saturated rings. The first-order valence-corrected chi connectivity index (χ1v) is 4.99. The maximum Gasteiger partial charge on any atom is 0.309 e. The van der Waals surface area contributed by atoms with E-state index in [4.69, 9.17) is 4.74 Å². The summed E-state index contributed by atoms with van der Waals surface area (Å²) in [7, 11) is 0. The first-order chi connectivity index (χ1) is 6.72. The van der Waals surface area contributed by atoms with Crippen LogP contribution in [0.1, 0.15) is 27.2 Å². The molecule has 3 nitrogen and oxygen atoms in total. The van der Waals surface area contributed by atoms with Crippen molar-refractivity contribution in [3.05, 3.63) is 0 Å². The fourth-order valence-corrected chi connectivity index (χ4v) is 0.962. The highest BCUT2D eigenvalue weighted by Crippen LogP contribution is 1.96. The Morgan fingerprint density at radius 3 is 2.86 bits per heavy atom. The van der Waals surface area contributed by atoms with E-state index >= 15 is 0 Å². The summed E-state index contributed by atoms with van der Waals surface area (Å²) in [5.41, 5.74) is 0. The van der Waals surface area contributed by atoms with E-state index < -0.39 is 0 Å². The average Bonchev–Trinajstić information content (AvgIpc) is 2.17. The molecule has 1 N–H and O–H groups in total. The number of ether oxygens (including phenoxy) is 1. The quantitative estimate of drug-likeness (QED) is 0.395. The van der Waals surface area contributed by atoms with Crippen LogP contribution in [0.5, 0.6) is 0 Å². The molecule has 0 spiro atoms. The van der Waals surface area contributed by atoms with E-state index in [9.17, 15) is 4.79 Å². The van der Waals surface area contributed by atoms with Gasteiger partial charge in [-0.2, -0.15) is 0 Å². The van der Waals surface area contributed by atoms with Gasteiger partial charge in [0.05, 0.1) is 12.5 Å². The minimum Gasteiger partial charge on any atom is -0.466 e. The molecule has 0 saturated heterocycles. The number of esters is 1. The van der Waals surface area contributed by atoms with Gasteiger partial charge in [-0.15, -0.1) is 11.8 Å². The second-order valence-corrected chi connectivity index (χ2v) is 3.03. The molecule has 0 aliphatic carbocycles. The van der Waals surface area contributed by atoms with Crippen LogP contribution in [0.15, 0.2) is 0 Å². The predicted molar refractivity (Wildman–Crippen MR) is 56.7 cm³/mol. The van der Waals surface area contributed by atoms with Gasteiger partial charge in [0.15, 0.2) is 0 Å². The highest BCUT2D eigenvalue weighted by atomic mass is 16.5. The summed E-state index contributed by atoms with van der Waals surface area (Å²) in [5.74, 6) is 5.55. The molecule has 1 unspecified atom stereocenters. The second kappa shape index (κ2) is 8.58. The number of hydrogen-bond acceptors (Lipinski definition) is 3. The average molecular weight is 197 g/mol. The van der Waals surface area contributed by atoms with Crippen LogP contribution in [0, 0.1) is 17.8 Å². The minimum atomic E-state index is -0.137. The van der Waals surface area contributed by atoms with Crippen molar-refractivity contribution < 1.29 is 9.53 Å². The van der Waals surface area contributed by atoms with Crippen LogP contribution in [0.3, 0.4) is 0 Å². The van der Waals surface area contributed by atoms with E-state index in [0.717, 1.165) is 13.0 Å². The van der Waals surface area contributed by atoms with Gasteiger partial charge in [0.1, 0.15) is 0 Å². The van der Waals surface area contributed by atoms with Crippen LogP contribution in [0.25, 0.3) is 0 Å². The monoisotopic (exact) mass is 197 g/mol. The van der Waals surface area contributed by atoms with E-state index in [-0.39, 0.29) is 11.9 Å². The second-order valence-electron chi connectivity index (χ2n) is 3.03. The van der Waals surface area contributed by atoms with E-state index in [0.29, 0.717) is 13.2 Å².